The van der Waals surface area contributed by atoms with E-state index in [1.807, 2.05) is 17.9 Å². The molecule has 6 nitrogen and oxygen atoms in total. The van der Waals surface area contributed by atoms with Crippen LogP contribution in [0.2, 0.25) is 0 Å². The van der Waals surface area contributed by atoms with Gasteiger partial charge in [-0.3, -0.25) is 9.52 Å². The minimum absolute atomic E-state index is 0.0438. The highest BCUT2D eigenvalue weighted by atomic mass is 32.2. The van der Waals surface area contributed by atoms with Gasteiger partial charge in [0.2, 0.25) is 10.0 Å². The topological polar surface area (TPSA) is 69.7 Å². The van der Waals surface area contributed by atoms with E-state index < -0.39 is 10.0 Å². The summed E-state index contributed by atoms with van der Waals surface area (Å²) in [4.78, 5) is 17.3. The molecule has 0 aromatic heterocycles. The SMILES string of the molecule is Cc1ccc(C(=O)N2CCCN(CCCc3ccccc3)CC2)cc1NS(C)(=O)=O. The summed E-state index contributed by atoms with van der Waals surface area (Å²) >= 11 is 0. The first-order valence-corrected chi connectivity index (χ1v) is 12.3. The lowest BCUT2D eigenvalue weighted by Crippen LogP contribution is -2.35. The summed E-state index contributed by atoms with van der Waals surface area (Å²) in [6, 6.07) is 15.7. The average molecular weight is 430 g/mol. The van der Waals surface area contributed by atoms with Gasteiger partial charge in [-0.2, -0.15) is 0 Å². The molecule has 2 aromatic carbocycles. The first-order valence-electron chi connectivity index (χ1n) is 10.5. The molecule has 162 valence electrons. The van der Waals surface area contributed by atoms with Gasteiger partial charge in [-0.15, -0.1) is 0 Å². The van der Waals surface area contributed by atoms with E-state index in [9.17, 15) is 13.2 Å². The van der Waals surface area contributed by atoms with Crippen molar-refractivity contribution in [2.75, 3.05) is 43.7 Å². The van der Waals surface area contributed by atoms with Crippen LogP contribution in [0.4, 0.5) is 5.69 Å². The van der Waals surface area contributed by atoms with Gasteiger partial charge < -0.3 is 9.80 Å². The maximum Gasteiger partial charge on any atom is 0.253 e. The molecule has 1 heterocycles. The van der Waals surface area contributed by atoms with Crippen LogP contribution in [0.25, 0.3) is 0 Å². The fraction of sp³-hybridized carbons (Fsp3) is 0.435. The highest BCUT2D eigenvalue weighted by molar-refractivity contribution is 7.92. The van der Waals surface area contributed by atoms with Gasteiger partial charge in [0.05, 0.1) is 11.9 Å². The van der Waals surface area contributed by atoms with Crippen molar-refractivity contribution >= 4 is 21.6 Å². The van der Waals surface area contributed by atoms with Crippen molar-refractivity contribution in [2.24, 2.45) is 0 Å². The fourth-order valence-corrected chi connectivity index (χ4v) is 4.42. The molecule has 1 aliphatic rings. The Balaban J connectivity index is 1.56. The number of anilines is 1. The molecule has 7 heteroatoms. The molecule has 0 aliphatic carbocycles. The smallest absolute Gasteiger partial charge is 0.253 e. The molecule has 0 spiro atoms. The van der Waals surface area contributed by atoms with Crippen LogP contribution >= 0.6 is 0 Å². The molecule has 1 aliphatic heterocycles. The Hall–Kier alpha value is -2.38. The van der Waals surface area contributed by atoms with E-state index in [-0.39, 0.29) is 5.91 Å². The van der Waals surface area contributed by atoms with Crippen molar-refractivity contribution in [1.29, 1.82) is 0 Å². The molecule has 30 heavy (non-hydrogen) atoms. The normalized spacial score (nSPS) is 15.6. The molecule has 3 rings (SSSR count). The third-order valence-corrected chi connectivity index (χ3v) is 6.03. The van der Waals surface area contributed by atoms with Gasteiger partial charge in [-0.05, 0) is 62.5 Å². The summed E-state index contributed by atoms with van der Waals surface area (Å²) in [5.41, 5.74) is 3.13. The summed E-state index contributed by atoms with van der Waals surface area (Å²) in [7, 11) is -3.39. The number of amides is 1. The van der Waals surface area contributed by atoms with Crippen molar-refractivity contribution in [3.8, 4) is 0 Å². The third kappa shape index (κ3) is 6.57. The van der Waals surface area contributed by atoms with Crippen molar-refractivity contribution < 1.29 is 13.2 Å². The molecule has 1 amide bonds. The number of benzene rings is 2. The predicted molar refractivity (Wildman–Crippen MR) is 121 cm³/mol. The van der Waals surface area contributed by atoms with Gasteiger partial charge in [0.15, 0.2) is 0 Å². The summed E-state index contributed by atoms with van der Waals surface area (Å²) in [5, 5.41) is 0. The third-order valence-electron chi connectivity index (χ3n) is 5.44. The summed E-state index contributed by atoms with van der Waals surface area (Å²) in [5.74, 6) is -0.0438. The highest BCUT2D eigenvalue weighted by Crippen LogP contribution is 2.20. The van der Waals surface area contributed by atoms with Gasteiger partial charge in [0, 0.05) is 25.2 Å². The molecule has 1 fully saturated rings. The zero-order chi connectivity index (χ0) is 21.6. The van der Waals surface area contributed by atoms with E-state index in [1.54, 1.807) is 18.2 Å². The second-order valence-corrected chi connectivity index (χ2v) is 9.73. The zero-order valence-electron chi connectivity index (χ0n) is 17.8. The number of rotatable bonds is 7. The quantitative estimate of drug-likeness (QED) is 0.734. The van der Waals surface area contributed by atoms with Crippen LogP contribution in [0.3, 0.4) is 0 Å². The molecule has 0 atom stereocenters. The Morgan fingerprint density at radius 1 is 1.03 bits per heavy atom. The lowest BCUT2D eigenvalue weighted by atomic mass is 10.1. The van der Waals surface area contributed by atoms with Crippen LogP contribution in [-0.2, 0) is 16.4 Å². The van der Waals surface area contributed by atoms with Crippen LogP contribution in [0.15, 0.2) is 48.5 Å². The van der Waals surface area contributed by atoms with Crippen molar-refractivity contribution in [3.05, 3.63) is 65.2 Å². The van der Waals surface area contributed by atoms with E-state index in [0.29, 0.717) is 17.8 Å². The first-order chi connectivity index (χ1) is 14.3. The standard InChI is InChI=1S/C23H31N3O3S/c1-19-11-12-21(18-22(19)24-30(2,28)29)23(27)26-15-7-14-25(16-17-26)13-6-10-20-8-4-3-5-9-20/h3-5,8-9,11-12,18,24H,6-7,10,13-17H2,1-2H3. The van der Waals surface area contributed by atoms with E-state index >= 15 is 0 Å². The lowest BCUT2D eigenvalue weighted by molar-refractivity contribution is 0.0761. The number of nitrogens with one attached hydrogen (secondary N) is 1. The minimum atomic E-state index is -3.39. The number of nitrogens with zero attached hydrogens (tertiary/aromatic N) is 2. The van der Waals surface area contributed by atoms with Crippen molar-refractivity contribution in [1.82, 2.24) is 9.80 Å². The Morgan fingerprint density at radius 2 is 1.80 bits per heavy atom. The summed E-state index contributed by atoms with van der Waals surface area (Å²) in [6.45, 7) is 6.11. The number of carbonyl (C=O) groups excluding carboxylic acids is 1. The molecule has 1 N–H and O–H groups in total. The van der Waals surface area contributed by atoms with E-state index in [1.165, 1.54) is 5.56 Å². The van der Waals surface area contributed by atoms with Gasteiger partial charge in [0.1, 0.15) is 0 Å². The van der Waals surface area contributed by atoms with E-state index in [4.69, 9.17) is 0 Å². The molecule has 0 radical (unpaired) electrons. The number of aryl methyl sites for hydroxylation is 2. The Kier molecular flexibility index (Phi) is 7.50. The van der Waals surface area contributed by atoms with Crippen LogP contribution in [-0.4, -0.2) is 63.1 Å². The van der Waals surface area contributed by atoms with Gasteiger partial charge in [-0.1, -0.05) is 36.4 Å². The molecule has 0 bridgehead atoms. The molecule has 0 saturated carbocycles. The van der Waals surface area contributed by atoms with Gasteiger partial charge >= 0.3 is 0 Å². The zero-order valence-corrected chi connectivity index (χ0v) is 18.6. The summed E-state index contributed by atoms with van der Waals surface area (Å²) < 4.78 is 25.7. The van der Waals surface area contributed by atoms with Crippen molar-refractivity contribution in [3.63, 3.8) is 0 Å². The van der Waals surface area contributed by atoms with Crippen LogP contribution in [0.5, 0.6) is 0 Å². The lowest BCUT2D eigenvalue weighted by Gasteiger charge is -2.22. The van der Waals surface area contributed by atoms with Gasteiger partial charge in [0.25, 0.3) is 5.91 Å². The molecule has 1 saturated heterocycles. The number of hydrogen-bond donors (Lipinski definition) is 1. The molecule has 2 aromatic rings. The Bertz CT molecular complexity index is 961. The molecule has 0 unspecified atom stereocenters. The molecular weight excluding hydrogens is 398 g/mol. The second-order valence-electron chi connectivity index (χ2n) is 7.98. The maximum absolute atomic E-state index is 13.0. The van der Waals surface area contributed by atoms with Crippen LogP contribution < -0.4 is 4.72 Å². The summed E-state index contributed by atoms with van der Waals surface area (Å²) in [6.07, 6.45) is 4.23. The van der Waals surface area contributed by atoms with E-state index in [0.717, 1.165) is 57.3 Å². The largest absolute Gasteiger partial charge is 0.337 e. The first kappa shape index (κ1) is 22.3. The predicted octanol–water partition coefficient (Wildman–Crippen LogP) is 3.15. The number of carbonyl (C=O) groups is 1. The van der Waals surface area contributed by atoms with Gasteiger partial charge in [-0.25, -0.2) is 8.42 Å². The fourth-order valence-electron chi connectivity index (χ4n) is 3.80. The molecular formula is C23H31N3O3S. The van der Waals surface area contributed by atoms with Crippen LogP contribution in [0.1, 0.15) is 34.3 Å². The van der Waals surface area contributed by atoms with E-state index in [2.05, 4.69) is 33.9 Å². The number of hydrogen-bond acceptors (Lipinski definition) is 4. The average Bonchev–Trinajstić information content (AvgIpc) is 2.95. The monoisotopic (exact) mass is 429 g/mol. The Morgan fingerprint density at radius 3 is 2.53 bits per heavy atom. The minimum Gasteiger partial charge on any atom is -0.337 e. The van der Waals surface area contributed by atoms with Crippen molar-refractivity contribution in [2.45, 2.75) is 26.2 Å². The van der Waals surface area contributed by atoms with Crippen LogP contribution in [0, 0.1) is 6.92 Å². The second kappa shape index (κ2) is 10.1. The number of sulfonamides is 1. The highest BCUT2D eigenvalue weighted by Gasteiger charge is 2.21. The Labute approximate surface area is 179 Å². The maximum atomic E-state index is 13.0.